The number of hydrogen-bond donors (Lipinski definition) is 0. The third-order valence-corrected chi connectivity index (χ3v) is 11.0. The molecule has 0 N–H and O–H groups in total. The van der Waals surface area contributed by atoms with E-state index in [1.807, 2.05) is 42.5 Å². The molecule has 0 aliphatic rings. The number of para-hydroxylation sites is 4. The van der Waals surface area contributed by atoms with Gasteiger partial charge in [-0.25, -0.2) is 0 Å². The Kier molecular flexibility index (Phi) is 6.61. The lowest BCUT2D eigenvalue weighted by Gasteiger charge is -2.16. The predicted molar refractivity (Wildman–Crippen MR) is 223 cm³/mol. The molecule has 254 valence electrons. The summed E-state index contributed by atoms with van der Waals surface area (Å²) in [5.74, 6) is 0. The minimum Gasteiger partial charge on any atom is -0.455 e. The summed E-state index contributed by atoms with van der Waals surface area (Å²) >= 11 is 0. The number of nitrogens with zero attached hydrogens (tertiary/aromatic N) is 4. The van der Waals surface area contributed by atoms with Crippen LogP contribution in [0.3, 0.4) is 0 Å². The highest BCUT2D eigenvalue weighted by atomic mass is 16.3. The summed E-state index contributed by atoms with van der Waals surface area (Å²) in [4.78, 5) is 0. The molecule has 11 aromatic rings. The molecule has 0 bridgehead atoms. The van der Waals surface area contributed by atoms with Crippen LogP contribution in [-0.4, -0.2) is 9.13 Å². The summed E-state index contributed by atoms with van der Waals surface area (Å²) in [6.07, 6.45) is 0. The Morgan fingerprint density at radius 3 is 1.67 bits per heavy atom. The van der Waals surface area contributed by atoms with Crippen LogP contribution in [0.1, 0.15) is 11.1 Å². The Morgan fingerprint density at radius 2 is 0.964 bits per heavy atom. The van der Waals surface area contributed by atoms with Crippen molar-refractivity contribution in [1.82, 2.24) is 9.13 Å². The van der Waals surface area contributed by atoms with E-state index in [1.165, 1.54) is 10.8 Å². The van der Waals surface area contributed by atoms with Crippen molar-refractivity contribution in [3.8, 4) is 45.8 Å². The minimum atomic E-state index is 0.508. The van der Waals surface area contributed by atoms with Gasteiger partial charge < -0.3 is 13.6 Å². The van der Waals surface area contributed by atoms with E-state index in [1.54, 1.807) is 6.07 Å². The second-order valence-corrected chi connectivity index (χ2v) is 13.9. The van der Waals surface area contributed by atoms with E-state index in [-0.39, 0.29) is 0 Å². The second-order valence-electron chi connectivity index (χ2n) is 13.9. The lowest BCUT2D eigenvalue weighted by atomic mass is 9.93. The molecule has 5 heteroatoms. The Hall–Kier alpha value is -7.86. The molecular weight excluding hydrogens is 673 g/mol. The van der Waals surface area contributed by atoms with Crippen molar-refractivity contribution in [1.29, 1.82) is 10.5 Å². The molecule has 0 fully saturated rings. The molecule has 0 unspecified atom stereocenters. The highest BCUT2D eigenvalue weighted by molar-refractivity contribution is 6.24. The van der Waals surface area contributed by atoms with Crippen LogP contribution in [0.5, 0.6) is 0 Å². The standard InChI is InChI=1S/C50H28N4O/c51-29-32-11-1-2-12-37(32)38-22-21-31(25-34(38)30-52)33-26-35(53-44-17-7-3-13-39(44)40-14-4-8-18-45(40)53)28-36(27-33)54-46-19-9-5-16-43(46)49-47(54)24-23-42-41-15-6-10-20-48(41)55-50(42)49/h1-28H. The molecule has 0 atom stereocenters. The van der Waals surface area contributed by atoms with Crippen LogP contribution in [0, 0.1) is 22.7 Å². The van der Waals surface area contributed by atoms with Crippen LogP contribution < -0.4 is 0 Å². The third kappa shape index (κ3) is 4.51. The normalized spacial score (nSPS) is 11.6. The fourth-order valence-corrected chi connectivity index (χ4v) is 8.60. The van der Waals surface area contributed by atoms with Gasteiger partial charge in [0.25, 0.3) is 0 Å². The van der Waals surface area contributed by atoms with Crippen LogP contribution in [0.2, 0.25) is 0 Å². The fourth-order valence-electron chi connectivity index (χ4n) is 8.60. The first-order chi connectivity index (χ1) is 27.2. The van der Waals surface area contributed by atoms with Gasteiger partial charge in [0.1, 0.15) is 11.2 Å². The highest BCUT2D eigenvalue weighted by Crippen LogP contribution is 2.42. The molecule has 0 saturated carbocycles. The molecule has 3 aromatic heterocycles. The van der Waals surface area contributed by atoms with Crippen LogP contribution in [0.15, 0.2) is 174 Å². The Labute approximate surface area is 315 Å². The number of furan rings is 1. The molecule has 0 spiro atoms. The number of benzene rings is 8. The number of hydrogen-bond acceptors (Lipinski definition) is 3. The maximum Gasteiger partial charge on any atom is 0.145 e. The van der Waals surface area contributed by atoms with E-state index in [4.69, 9.17) is 4.42 Å². The summed E-state index contributed by atoms with van der Waals surface area (Å²) in [6, 6.07) is 63.0. The number of rotatable bonds is 4. The van der Waals surface area contributed by atoms with Gasteiger partial charge in [0.05, 0.1) is 50.7 Å². The zero-order chi connectivity index (χ0) is 36.6. The molecule has 8 aromatic carbocycles. The number of fused-ring (bicyclic) bond motifs is 10. The zero-order valence-corrected chi connectivity index (χ0v) is 29.4. The van der Waals surface area contributed by atoms with Gasteiger partial charge >= 0.3 is 0 Å². The Balaban J connectivity index is 1.23. The SMILES string of the molecule is N#Cc1ccccc1-c1ccc(-c2cc(-n3c4ccccc4c4ccccc43)cc(-n3c4ccccc4c4c5oc6ccccc6c5ccc43)c2)cc1C#N. The molecule has 55 heavy (non-hydrogen) atoms. The van der Waals surface area contributed by atoms with Crippen molar-refractivity contribution in [2.24, 2.45) is 0 Å². The summed E-state index contributed by atoms with van der Waals surface area (Å²) in [5.41, 5.74) is 12.4. The maximum absolute atomic E-state index is 10.5. The smallest absolute Gasteiger partial charge is 0.145 e. The predicted octanol–water partition coefficient (Wildman–Crippen LogP) is 12.9. The monoisotopic (exact) mass is 700 g/mol. The fraction of sp³-hybridized carbons (Fsp3) is 0. The lowest BCUT2D eigenvalue weighted by Crippen LogP contribution is -2.00. The largest absolute Gasteiger partial charge is 0.455 e. The summed E-state index contributed by atoms with van der Waals surface area (Å²) in [7, 11) is 0. The molecule has 0 radical (unpaired) electrons. The maximum atomic E-state index is 10.5. The first-order valence-corrected chi connectivity index (χ1v) is 18.2. The molecule has 0 aliphatic heterocycles. The van der Waals surface area contributed by atoms with Gasteiger partial charge in [-0.3, -0.25) is 0 Å². The van der Waals surface area contributed by atoms with Gasteiger partial charge in [-0.05, 0) is 77.9 Å². The third-order valence-electron chi connectivity index (χ3n) is 11.0. The van der Waals surface area contributed by atoms with Crippen LogP contribution >= 0.6 is 0 Å². The van der Waals surface area contributed by atoms with Gasteiger partial charge in [0.15, 0.2) is 0 Å². The van der Waals surface area contributed by atoms with Crippen LogP contribution in [-0.2, 0) is 0 Å². The van der Waals surface area contributed by atoms with Gasteiger partial charge in [0.2, 0.25) is 0 Å². The van der Waals surface area contributed by atoms with Crippen molar-refractivity contribution in [3.63, 3.8) is 0 Å². The van der Waals surface area contributed by atoms with Crippen LogP contribution in [0.4, 0.5) is 0 Å². The summed E-state index contributed by atoms with van der Waals surface area (Å²) < 4.78 is 11.3. The zero-order valence-electron chi connectivity index (χ0n) is 29.4. The molecule has 11 rings (SSSR count). The van der Waals surface area contributed by atoms with Gasteiger partial charge in [-0.1, -0.05) is 103 Å². The van der Waals surface area contributed by atoms with Gasteiger partial charge in [-0.15, -0.1) is 0 Å². The average Bonchev–Trinajstić information content (AvgIpc) is 3.91. The first kappa shape index (κ1) is 30.7. The molecular formula is C50H28N4O. The van der Waals surface area contributed by atoms with Crippen LogP contribution in [0.25, 0.3) is 99.2 Å². The second kappa shape index (κ2) is 11.8. The minimum absolute atomic E-state index is 0.508. The van der Waals surface area contributed by atoms with Crippen molar-refractivity contribution in [2.45, 2.75) is 0 Å². The van der Waals surface area contributed by atoms with E-state index < -0.39 is 0 Å². The average molecular weight is 701 g/mol. The number of nitriles is 2. The quantitative estimate of drug-likeness (QED) is 0.183. The van der Waals surface area contributed by atoms with E-state index in [0.717, 1.165) is 88.4 Å². The molecule has 3 heterocycles. The molecule has 0 aliphatic carbocycles. The van der Waals surface area contributed by atoms with E-state index in [2.05, 4.69) is 143 Å². The topological polar surface area (TPSA) is 70.6 Å². The number of aromatic nitrogens is 2. The van der Waals surface area contributed by atoms with Crippen molar-refractivity contribution in [3.05, 3.63) is 181 Å². The van der Waals surface area contributed by atoms with Crippen molar-refractivity contribution >= 4 is 65.6 Å². The highest BCUT2D eigenvalue weighted by Gasteiger charge is 2.21. The summed E-state index contributed by atoms with van der Waals surface area (Å²) in [5, 5.41) is 27.1. The van der Waals surface area contributed by atoms with Gasteiger partial charge in [-0.2, -0.15) is 10.5 Å². The molecule has 0 amide bonds. The van der Waals surface area contributed by atoms with Crippen molar-refractivity contribution in [2.75, 3.05) is 0 Å². The van der Waals surface area contributed by atoms with E-state index >= 15 is 0 Å². The van der Waals surface area contributed by atoms with E-state index in [0.29, 0.717) is 11.1 Å². The Morgan fingerprint density at radius 1 is 0.400 bits per heavy atom. The van der Waals surface area contributed by atoms with Crippen molar-refractivity contribution < 1.29 is 4.42 Å². The summed E-state index contributed by atoms with van der Waals surface area (Å²) in [6.45, 7) is 0. The van der Waals surface area contributed by atoms with Gasteiger partial charge in [0, 0.05) is 49.4 Å². The molecule has 0 saturated heterocycles. The molecule has 5 nitrogen and oxygen atoms in total. The Bertz CT molecular complexity index is 3420. The lowest BCUT2D eigenvalue weighted by molar-refractivity contribution is 0.673. The van der Waals surface area contributed by atoms with E-state index in [9.17, 15) is 10.5 Å². The first-order valence-electron chi connectivity index (χ1n) is 18.2.